The van der Waals surface area contributed by atoms with Crippen molar-refractivity contribution in [2.24, 2.45) is 5.92 Å². The number of fused-ring (bicyclic) bond motifs is 3. The summed E-state index contributed by atoms with van der Waals surface area (Å²) in [5, 5.41) is 3.71. The first-order chi connectivity index (χ1) is 16.1. The molecule has 2 heterocycles. The van der Waals surface area contributed by atoms with Crippen molar-refractivity contribution in [3.63, 3.8) is 0 Å². The number of nitrogens with one attached hydrogen (secondary N) is 1. The third-order valence-electron chi connectivity index (χ3n) is 6.60. The molecule has 5 rings (SSSR count). The molecular weight excluding hydrogens is 434 g/mol. The summed E-state index contributed by atoms with van der Waals surface area (Å²) < 4.78 is 11.4. The molecule has 0 fully saturated rings. The molecule has 170 valence electrons. The maximum atomic E-state index is 13.7. The van der Waals surface area contributed by atoms with Crippen LogP contribution < -0.4 is 10.1 Å². The Morgan fingerprint density at radius 1 is 1.06 bits per heavy atom. The van der Waals surface area contributed by atoms with Crippen LogP contribution in [0.15, 0.2) is 48.5 Å². The average molecular weight is 462 g/mol. The molecule has 0 saturated carbocycles. The maximum absolute atomic E-state index is 13.7. The van der Waals surface area contributed by atoms with Gasteiger partial charge in [0.1, 0.15) is 16.5 Å². The molecule has 6 heteroatoms. The molecule has 1 aromatic heterocycles. The standard InChI is InChI=1S/C27H27NO4S/c1-3-16-13-14-19-22(15-16)33-26(24(19)27(30)31-4-2)28-25(29)23-17-9-5-7-11-20(17)32-21-12-8-6-10-18(21)23/h5-12,16,23H,3-4,13-15H2,1-2H3,(H,28,29). The number of ether oxygens (including phenoxy) is 2. The van der Waals surface area contributed by atoms with E-state index in [1.54, 1.807) is 6.92 Å². The Kier molecular flexibility index (Phi) is 5.94. The molecular formula is C27H27NO4S. The molecule has 33 heavy (non-hydrogen) atoms. The lowest BCUT2D eigenvalue weighted by Crippen LogP contribution is -2.25. The highest BCUT2D eigenvalue weighted by atomic mass is 32.1. The van der Waals surface area contributed by atoms with E-state index in [4.69, 9.17) is 9.47 Å². The van der Waals surface area contributed by atoms with Gasteiger partial charge in [0.2, 0.25) is 5.91 Å². The molecule has 1 unspecified atom stereocenters. The van der Waals surface area contributed by atoms with E-state index in [0.717, 1.165) is 42.4 Å². The second kappa shape index (κ2) is 9.02. The number of hydrogen-bond acceptors (Lipinski definition) is 5. The Morgan fingerprint density at radius 3 is 2.36 bits per heavy atom. The largest absolute Gasteiger partial charge is 0.462 e. The second-order valence-electron chi connectivity index (χ2n) is 8.55. The van der Waals surface area contributed by atoms with Crippen molar-refractivity contribution < 1.29 is 19.1 Å². The number of thiophene rings is 1. The summed E-state index contributed by atoms with van der Waals surface area (Å²) in [7, 11) is 0. The Balaban J connectivity index is 1.54. The van der Waals surface area contributed by atoms with Crippen molar-refractivity contribution >= 4 is 28.2 Å². The lowest BCUT2D eigenvalue weighted by Gasteiger charge is -2.27. The zero-order chi connectivity index (χ0) is 22.9. The van der Waals surface area contributed by atoms with E-state index in [1.165, 1.54) is 16.2 Å². The fourth-order valence-electron chi connectivity index (χ4n) is 4.89. The van der Waals surface area contributed by atoms with Gasteiger partial charge in [-0.1, -0.05) is 49.7 Å². The topological polar surface area (TPSA) is 64.6 Å². The normalized spacial score (nSPS) is 16.7. The lowest BCUT2D eigenvalue weighted by atomic mass is 9.85. The van der Waals surface area contributed by atoms with Crippen LogP contribution in [0.1, 0.15) is 64.5 Å². The Bertz CT molecular complexity index is 1170. The molecule has 0 saturated heterocycles. The van der Waals surface area contributed by atoms with Crippen LogP contribution in [-0.2, 0) is 22.4 Å². The average Bonchev–Trinajstić information content (AvgIpc) is 3.19. The van der Waals surface area contributed by atoms with E-state index in [1.807, 2.05) is 48.5 Å². The van der Waals surface area contributed by atoms with Crippen molar-refractivity contribution in [3.05, 3.63) is 75.7 Å². The van der Waals surface area contributed by atoms with E-state index < -0.39 is 5.92 Å². The summed E-state index contributed by atoms with van der Waals surface area (Å²) in [6, 6.07) is 15.2. The Labute approximate surface area is 197 Å². The quantitative estimate of drug-likeness (QED) is 0.452. The molecule has 1 atom stereocenters. The first-order valence-electron chi connectivity index (χ1n) is 11.6. The highest BCUT2D eigenvalue weighted by Crippen LogP contribution is 2.46. The second-order valence-corrected chi connectivity index (χ2v) is 9.65. The third kappa shape index (κ3) is 3.93. The zero-order valence-electron chi connectivity index (χ0n) is 18.9. The van der Waals surface area contributed by atoms with Crippen molar-refractivity contribution in [3.8, 4) is 11.5 Å². The number of esters is 1. The number of hydrogen-bond donors (Lipinski definition) is 1. The minimum Gasteiger partial charge on any atom is -0.462 e. The summed E-state index contributed by atoms with van der Waals surface area (Å²) >= 11 is 1.53. The summed E-state index contributed by atoms with van der Waals surface area (Å²) in [4.78, 5) is 27.9. The molecule has 2 aliphatic rings. The number of carbonyl (C=O) groups is 2. The van der Waals surface area contributed by atoms with Crippen LogP contribution in [0.3, 0.4) is 0 Å². The van der Waals surface area contributed by atoms with Crippen LogP contribution in [0.4, 0.5) is 5.00 Å². The zero-order valence-corrected chi connectivity index (χ0v) is 19.7. The van der Waals surface area contributed by atoms with Crippen molar-refractivity contribution in [1.82, 2.24) is 0 Å². The molecule has 0 radical (unpaired) electrons. The molecule has 2 aromatic carbocycles. The lowest BCUT2D eigenvalue weighted by molar-refractivity contribution is -0.116. The van der Waals surface area contributed by atoms with Crippen molar-refractivity contribution in [2.75, 3.05) is 11.9 Å². The van der Waals surface area contributed by atoms with Gasteiger partial charge >= 0.3 is 5.97 Å². The molecule has 1 aliphatic carbocycles. The van der Waals surface area contributed by atoms with E-state index in [9.17, 15) is 9.59 Å². The summed E-state index contributed by atoms with van der Waals surface area (Å²) in [6.07, 6.45) is 3.96. The smallest absolute Gasteiger partial charge is 0.341 e. The van der Waals surface area contributed by atoms with Gasteiger partial charge in [-0.25, -0.2) is 4.79 Å². The van der Waals surface area contributed by atoms with Crippen molar-refractivity contribution in [2.45, 2.75) is 45.4 Å². The van der Waals surface area contributed by atoms with Gasteiger partial charge in [0.25, 0.3) is 0 Å². The van der Waals surface area contributed by atoms with Crippen LogP contribution in [-0.4, -0.2) is 18.5 Å². The van der Waals surface area contributed by atoms with Crippen LogP contribution in [0, 0.1) is 5.92 Å². The number of para-hydroxylation sites is 2. The van der Waals surface area contributed by atoms with Crippen LogP contribution in [0.5, 0.6) is 11.5 Å². The van der Waals surface area contributed by atoms with Crippen molar-refractivity contribution in [1.29, 1.82) is 0 Å². The molecule has 1 N–H and O–H groups in total. The van der Waals surface area contributed by atoms with Crippen LogP contribution >= 0.6 is 11.3 Å². The highest BCUT2D eigenvalue weighted by molar-refractivity contribution is 7.17. The Morgan fingerprint density at radius 2 is 1.73 bits per heavy atom. The molecule has 3 aromatic rings. The number of amides is 1. The number of carbonyl (C=O) groups excluding carboxylic acids is 2. The molecule has 1 aliphatic heterocycles. The first-order valence-corrected chi connectivity index (χ1v) is 12.4. The predicted molar refractivity (Wildman–Crippen MR) is 130 cm³/mol. The SMILES string of the molecule is CCOC(=O)c1c(NC(=O)C2c3ccccc3Oc3ccccc32)sc2c1CCC(CC)C2. The fourth-order valence-corrected chi connectivity index (χ4v) is 6.24. The van der Waals surface area contributed by atoms with E-state index in [-0.39, 0.29) is 11.9 Å². The van der Waals surface area contributed by atoms with Gasteiger partial charge in [-0.05, 0) is 49.8 Å². The summed E-state index contributed by atoms with van der Waals surface area (Å²) in [6.45, 7) is 4.31. The van der Waals surface area contributed by atoms with Gasteiger partial charge in [-0.3, -0.25) is 4.79 Å². The monoisotopic (exact) mass is 461 g/mol. The van der Waals surface area contributed by atoms with E-state index in [0.29, 0.717) is 34.6 Å². The highest BCUT2D eigenvalue weighted by Gasteiger charge is 2.35. The van der Waals surface area contributed by atoms with E-state index in [2.05, 4.69) is 12.2 Å². The predicted octanol–water partition coefficient (Wildman–Crippen LogP) is 6.32. The molecule has 1 amide bonds. The van der Waals surface area contributed by atoms with Gasteiger partial charge in [0, 0.05) is 16.0 Å². The Hall–Kier alpha value is -3.12. The molecule has 5 nitrogen and oxygen atoms in total. The summed E-state index contributed by atoms with van der Waals surface area (Å²) in [5.41, 5.74) is 3.22. The van der Waals surface area contributed by atoms with Gasteiger partial charge in [0.15, 0.2) is 0 Å². The van der Waals surface area contributed by atoms with E-state index >= 15 is 0 Å². The number of rotatable bonds is 5. The van der Waals surface area contributed by atoms with Gasteiger partial charge < -0.3 is 14.8 Å². The van der Waals surface area contributed by atoms with Gasteiger partial charge in [-0.2, -0.15) is 0 Å². The van der Waals surface area contributed by atoms with Gasteiger partial charge in [-0.15, -0.1) is 11.3 Å². The third-order valence-corrected chi connectivity index (χ3v) is 7.77. The van der Waals surface area contributed by atoms with Crippen LogP contribution in [0.25, 0.3) is 0 Å². The fraction of sp³-hybridized carbons (Fsp3) is 0.333. The molecule has 0 bridgehead atoms. The van der Waals surface area contributed by atoms with Crippen LogP contribution in [0.2, 0.25) is 0 Å². The summed E-state index contributed by atoms with van der Waals surface area (Å²) in [5.74, 6) is 0.923. The minimum absolute atomic E-state index is 0.172. The number of anilines is 1. The maximum Gasteiger partial charge on any atom is 0.341 e. The first kappa shape index (κ1) is 21.7. The van der Waals surface area contributed by atoms with Gasteiger partial charge in [0.05, 0.1) is 18.1 Å². The minimum atomic E-state index is -0.524. The number of benzene rings is 2. The molecule has 0 spiro atoms.